The number of rotatable bonds is 6. The van der Waals surface area contributed by atoms with Gasteiger partial charge in [0.15, 0.2) is 0 Å². The highest BCUT2D eigenvalue weighted by Crippen LogP contribution is 2.19. The average molecular weight is 296 g/mol. The normalized spacial score (nSPS) is 29.1. The smallest absolute Gasteiger partial charge is 0.00966 e. The van der Waals surface area contributed by atoms with E-state index in [0.29, 0.717) is 0 Å². The first-order valence-electron chi connectivity index (χ1n) is 9.15. The molecule has 2 unspecified atom stereocenters. The Labute approximate surface area is 132 Å². The molecule has 2 aliphatic heterocycles. The zero-order chi connectivity index (χ0) is 15.3. The summed E-state index contributed by atoms with van der Waals surface area (Å²) in [5.41, 5.74) is 0.262. The maximum Gasteiger partial charge on any atom is 0.00966 e. The molecule has 2 heterocycles. The highest BCUT2D eigenvalue weighted by atomic mass is 15.2. The number of piperidine rings is 1. The molecule has 2 fully saturated rings. The largest absolute Gasteiger partial charge is 0.312 e. The third-order valence-corrected chi connectivity index (χ3v) is 5.15. The molecule has 0 aromatic carbocycles. The van der Waals surface area contributed by atoms with Crippen molar-refractivity contribution in [2.24, 2.45) is 5.92 Å². The van der Waals surface area contributed by atoms with Crippen molar-refractivity contribution in [1.82, 2.24) is 15.1 Å². The van der Waals surface area contributed by atoms with Crippen LogP contribution < -0.4 is 5.32 Å². The van der Waals surface area contributed by atoms with Crippen LogP contribution >= 0.6 is 0 Å². The second kappa shape index (κ2) is 7.94. The molecule has 3 heteroatoms. The van der Waals surface area contributed by atoms with Crippen molar-refractivity contribution >= 4 is 0 Å². The van der Waals surface area contributed by atoms with Crippen LogP contribution in [0.15, 0.2) is 0 Å². The highest BCUT2D eigenvalue weighted by Gasteiger charge is 2.24. The number of hydrogen-bond donors (Lipinski definition) is 1. The van der Waals surface area contributed by atoms with Gasteiger partial charge in [0.2, 0.25) is 0 Å². The molecule has 0 aliphatic carbocycles. The molecule has 124 valence electrons. The molecule has 21 heavy (non-hydrogen) atoms. The quantitative estimate of drug-likeness (QED) is 0.813. The Bertz CT molecular complexity index is 297. The third-order valence-electron chi connectivity index (χ3n) is 5.15. The predicted octanol–water partition coefficient (Wildman–Crippen LogP) is 2.96. The number of nitrogens with zero attached hydrogens (tertiary/aromatic N) is 2. The second-order valence-electron chi connectivity index (χ2n) is 8.32. The zero-order valence-electron chi connectivity index (χ0n) is 14.8. The fourth-order valence-electron chi connectivity index (χ4n) is 3.72. The zero-order valence-corrected chi connectivity index (χ0v) is 14.8. The van der Waals surface area contributed by atoms with E-state index < -0.39 is 0 Å². The molecule has 2 saturated heterocycles. The fraction of sp³-hybridized carbons (Fsp3) is 1.00. The van der Waals surface area contributed by atoms with Gasteiger partial charge in [-0.3, -0.25) is 0 Å². The van der Waals surface area contributed by atoms with Crippen LogP contribution in [0.5, 0.6) is 0 Å². The lowest BCUT2D eigenvalue weighted by atomic mass is 10.0. The van der Waals surface area contributed by atoms with Gasteiger partial charge >= 0.3 is 0 Å². The summed E-state index contributed by atoms with van der Waals surface area (Å²) in [6, 6.07) is 0.820. The van der Waals surface area contributed by atoms with Gasteiger partial charge in [-0.2, -0.15) is 0 Å². The molecule has 1 N–H and O–H groups in total. The van der Waals surface area contributed by atoms with Gasteiger partial charge in [-0.1, -0.05) is 6.42 Å². The molecule has 0 saturated carbocycles. The van der Waals surface area contributed by atoms with Gasteiger partial charge in [0.1, 0.15) is 0 Å². The summed E-state index contributed by atoms with van der Waals surface area (Å²) in [6.45, 7) is 16.9. The molecular weight excluding hydrogens is 258 g/mol. The molecule has 2 rings (SSSR count). The lowest BCUT2D eigenvalue weighted by molar-refractivity contribution is 0.151. The first kappa shape index (κ1) is 17.2. The summed E-state index contributed by atoms with van der Waals surface area (Å²) in [6.07, 6.45) is 6.98. The van der Waals surface area contributed by atoms with E-state index >= 15 is 0 Å². The van der Waals surface area contributed by atoms with E-state index in [1.54, 1.807) is 0 Å². The predicted molar refractivity (Wildman–Crippen MR) is 91.8 cm³/mol. The molecule has 0 amide bonds. The van der Waals surface area contributed by atoms with E-state index in [2.05, 4.69) is 42.8 Å². The Morgan fingerprint density at radius 3 is 2.57 bits per heavy atom. The Kier molecular flexibility index (Phi) is 6.51. The van der Waals surface area contributed by atoms with Gasteiger partial charge < -0.3 is 15.1 Å². The van der Waals surface area contributed by atoms with Gasteiger partial charge in [0.25, 0.3) is 0 Å². The van der Waals surface area contributed by atoms with Crippen LogP contribution in [0.4, 0.5) is 0 Å². The van der Waals surface area contributed by atoms with E-state index in [4.69, 9.17) is 0 Å². The Balaban J connectivity index is 1.58. The minimum atomic E-state index is 0.262. The van der Waals surface area contributed by atoms with Crippen LogP contribution in [0, 0.1) is 5.92 Å². The molecule has 2 atom stereocenters. The van der Waals surface area contributed by atoms with Crippen molar-refractivity contribution in [3.05, 3.63) is 0 Å². The first-order chi connectivity index (χ1) is 9.94. The Morgan fingerprint density at radius 1 is 1.05 bits per heavy atom. The highest BCUT2D eigenvalue weighted by molar-refractivity contribution is 4.81. The molecule has 0 radical (unpaired) electrons. The van der Waals surface area contributed by atoms with Gasteiger partial charge in [-0.05, 0) is 92.0 Å². The molecule has 0 bridgehead atoms. The van der Waals surface area contributed by atoms with E-state index in [0.717, 1.165) is 12.0 Å². The maximum absolute atomic E-state index is 3.66. The van der Waals surface area contributed by atoms with E-state index in [-0.39, 0.29) is 5.54 Å². The minimum absolute atomic E-state index is 0.262. The van der Waals surface area contributed by atoms with Crippen molar-refractivity contribution in [2.45, 2.75) is 71.4 Å². The van der Waals surface area contributed by atoms with Crippen LogP contribution in [0.25, 0.3) is 0 Å². The second-order valence-corrected chi connectivity index (χ2v) is 8.32. The summed E-state index contributed by atoms with van der Waals surface area (Å²) in [7, 11) is 0. The van der Waals surface area contributed by atoms with Crippen LogP contribution in [0.2, 0.25) is 0 Å². The van der Waals surface area contributed by atoms with Crippen LogP contribution in [-0.2, 0) is 0 Å². The topological polar surface area (TPSA) is 18.5 Å². The molecule has 0 aromatic rings. The third kappa shape index (κ3) is 6.25. The molecular formula is C18H37N3. The van der Waals surface area contributed by atoms with Crippen LogP contribution in [0.1, 0.15) is 59.8 Å². The summed E-state index contributed by atoms with van der Waals surface area (Å²) >= 11 is 0. The SMILES string of the molecule is CC1CCCCN1CCCN1CCC(CNC(C)(C)C)C1. The van der Waals surface area contributed by atoms with Crippen molar-refractivity contribution < 1.29 is 0 Å². The summed E-state index contributed by atoms with van der Waals surface area (Å²) < 4.78 is 0. The monoisotopic (exact) mass is 295 g/mol. The molecule has 0 aromatic heterocycles. The average Bonchev–Trinajstić information content (AvgIpc) is 2.86. The van der Waals surface area contributed by atoms with Crippen molar-refractivity contribution in [3.63, 3.8) is 0 Å². The van der Waals surface area contributed by atoms with Gasteiger partial charge in [0, 0.05) is 18.1 Å². The van der Waals surface area contributed by atoms with Gasteiger partial charge in [-0.15, -0.1) is 0 Å². The van der Waals surface area contributed by atoms with E-state index in [1.807, 2.05) is 0 Å². The number of nitrogens with one attached hydrogen (secondary N) is 1. The molecule has 3 nitrogen and oxygen atoms in total. The summed E-state index contributed by atoms with van der Waals surface area (Å²) in [5, 5.41) is 3.66. The van der Waals surface area contributed by atoms with E-state index in [1.165, 1.54) is 71.4 Å². The Hall–Kier alpha value is -0.120. The molecule has 0 spiro atoms. The lowest BCUT2D eigenvalue weighted by Gasteiger charge is -2.33. The fourth-order valence-corrected chi connectivity index (χ4v) is 3.72. The lowest BCUT2D eigenvalue weighted by Crippen LogP contribution is -2.40. The summed E-state index contributed by atoms with van der Waals surface area (Å²) in [5.74, 6) is 0.859. The van der Waals surface area contributed by atoms with E-state index in [9.17, 15) is 0 Å². The van der Waals surface area contributed by atoms with Crippen molar-refractivity contribution in [2.75, 3.05) is 39.3 Å². The van der Waals surface area contributed by atoms with Gasteiger partial charge in [-0.25, -0.2) is 0 Å². The maximum atomic E-state index is 3.66. The Morgan fingerprint density at radius 2 is 1.86 bits per heavy atom. The van der Waals surface area contributed by atoms with Crippen molar-refractivity contribution in [3.8, 4) is 0 Å². The first-order valence-corrected chi connectivity index (χ1v) is 9.15. The van der Waals surface area contributed by atoms with Crippen LogP contribution in [-0.4, -0.2) is 60.6 Å². The standard InChI is InChI=1S/C18H37N3/c1-16-8-5-6-11-21(16)12-7-10-20-13-9-17(15-20)14-19-18(2,3)4/h16-17,19H,5-15H2,1-4H3. The van der Waals surface area contributed by atoms with Crippen LogP contribution in [0.3, 0.4) is 0 Å². The minimum Gasteiger partial charge on any atom is -0.312 e. The number of hydrogen-bond acceptors (Lipinski definition) is 3. The molecule has 2 aliphatic rings. The summed E-state index contributed by atoms with van der Waals surface area (Å²) in [4.78, 5) is 5.39. The number of likely N-dealkylation sites (tertiary alicyclic amines) is 2. The van der Waals surface area contributed by atoms with Crippen molar-refractivity contribution in [1.29, 1.82) is 0 Å². The van der Waals surface area contributed by atoms with Gasteiger partial charge in [0.05, 0.1) is 0 Å².